The van der Waals surface area contributed by atoms with Crippen LogP contribution in [0.3, 0.4) is 0 Å². The van der Waals surface area contributed by atoms with E-state index in [9.17, 15) is 0 Å². The minimum atomic E-state index is 0.0929. The topological polar surface area (TPSA) is 27.7 Å². The summed E-state index contributed by atoms with van der Waals surface area (Å²) in [6.45, 7) is 2.88. The van der Waals surface area contributed by atoms with E-state index in [0.717, 1.165) is 60.8 Å². The maximum absolute atomic E-state index is 6.65. The van der Waals surface area contributed by atoms with Crippen molar-refractivity contribution in [3.8, 4) is 0 Å². The molecule has 3 saturated heterocycles. The number of hydrogen-bond acceptors (Lipinski definition) is 3. The second-order valence-electron chi connectivity index (χ2n) is 8.73. The van der Waals surface area contributed by atoms with Crippen LogP contribution < -0.4 is 0 Å². The lowest BCUT2D eigenvalue weighted by Crippen LogP contribution is -2.72. The van der Waals surface area contributed by atoms with E-state index < -0.39 is 0 Å². The first-order chi connectivity index (χ1) is 10.9. The van der Waals surface area contributed by atoms with Gasteiger partial charge in [-0.15, -0.1) is 0 Å². The molecule has 23 heavy (non-hydrogen) atoms. The van der Waals surface area contributed by atoms with Crippen molar-refractivity contribution in [1.29, 1.82) is 0 Å². The van der Waals surface area contributed by atoms with Crippen molar-refractivity contribution in [1.82, 2.24) is 0 Å². The van der Waals surface area contributed by atoms with Crippen molar-refractivity contribution in [3.63, 3.8) is 0 Å². The molecule has 3 rings (SSSR count). The first-order valence-electron chi connectivity index (χ1n) is 9.79. The zero-order valence-corrected chi connectivity index (χ0v) is 23.7. The van der Waals surface area contributed by atoms with Gasteiger partial charge in [-0.1, -0.05) is 0 Å². The smallest absolute Gasteiger partial charge is 0.0555 e. The predicted octanol–water partition coefficient (Wildman–Crippen LogP) is -1.70. The quantitative estimate of drug-likeness (QED) is 0.539. The Morgan fingerprint density at radius 2 is 0.870 bits per heavy atom. The Balaban J connectivity index is 2.04. The molecule has 3 heterocycles. The van der Waals surface area contributed by atoms with E-state index in [1.165, 1.54) is 57.8 Å². The molecule has 0 spiro atoms. The molecule has 0 aromatic carbocycles. The monoisotopic (exact) mass is 388 g/mol. The lowest BCUT2D eigenvalue weighted by atomic mass is 9.77. The SMILES string of the molecule is [SiH3]C1(C([SiH3])(C2([SiH3])CCCCO2)C2([SiH3])CCCCO2)CCCCO1. The summed E-state index contributed by atoms with van der Waals surface area (Å²) in [5, 5.41) is 0.458. The summed E-state index contributed by atoms with van der Waals surface area (Å²) in [6.07, 6.45) is 11.5. The van der Waals surface area contributed by atoms with Crippen LogP contribution in [-0.4, -0.2) is 76.5 Å². The van der Waals surface area contributed by atoms with Gasteiger partial charge in [0.15, 0.2) is 0 Å². The number of ether oxygens (including phenoxy) is 3. The molecule has 0 radical (unpaired) electrons. The molecule has 0 aromatic rings. The zero-order chi connectivity index (χ0) is 16.6. The largest absolute Gasteiger partial charge is 0.379 e. The third kappa shape index (κ3) is 2.94. The Kier molecular flexibility index (Phi) is 5.49. The minimum Gasteiger partial charge on any atom is -0.379 e. The fourth-order valence-electron chi connectivity index (χ4n) is 5.66. The molecule has 134 valence electrons. The van der Waals surface area contributed by atoms with E-state index in [-0.39, 0.29) is 20.7 Å². The Labute approximate surface area is 153 Å². The number of hydrogen-bond donors (Lipinski definition) is 0. The van der Waals surface area contributed by atoms with Crippen molar-refractivity contribution >= 4 is 41.0 Å². The van der Waals surface area contributed by atoms with Crippen LogP contribution in [0.4, 0.5) is 0 Å². The second-order valence-corrected chi connectivity index (χ2v) is 15.1. The van der Waals surface area contributed by atoms with Gasteiger partial charge in [-0.2, -0.15) is 0 Å². The van der Waals surface area contributed by atoms with E-state index in [1.54, 1.807) is 0 Å². The number of rotatable bonds is 3. The highest BCUT2D eigenvalue weighted by Gasteiger charge is 2.66. The molecular weight excluding hydrogens is 353 g/mol. The van der Waals surface area contributed by atoms with Crippen molar-refractivity contribution < 1.29 is 14.2 Å². The zero-order valence-electron chi connectivity index (χ0n) is 15.7. The highest BCUT2D eigenvalue weighted by Crippen LogP contribution is 2.61. The summed E-state index contributed by atoms with van der Waals surface area (Å²) >= 11 is 0. The summed E-state index contributed by atoms with van der Waals surface area (Å²) in [5.74, 6) is 0. The third-order valence-corrected chi connectivity index (χ3v) is 19.1. The van der Waals surface area contributed by atoms with Crippen LogP contribution in [0.2, 0.25) is 5.04 Å². The van der Waals surface area contributed by atoms with E-state index in [0.29, 0.717) is 0 Å². The average molecular weight is 389 g/mol. The Hall–Kier alpha value is 0.748. The molecule has 3 unspecified atom stereocenters. The maximum atomic E-state index is 6.65. The Bertz CT molecular complexity index is 354. The molecular formula is C16H36O3Si4. The molecule has 3 aliphatic rings. The van der Waals surface area contributed by atoms with Crippen LogP contribution in [0.25, 0.3) is 0 Å². The van der Waals surface area contributed by atoms with Crippen LogP contribution in [0, 0.1) is 0 Å². The molecule has 3 fully saturated rings. The normalized spacial score (nSPS) is 45.9. The standard InChI is InChI=1S/C16H36O3Si4/c20-13(7-1-4-10-17-13)16(23,14(21)8-2-5-11-18-14)15(22)9-3-6-12-19-15/h1-12H2,20-23H3. The van der Waals surface area contributed by atoms with E-state index in [4.69, 9.17) is 14.2 Å². The molecule has 3 nitrogen and oxygen atoms in total. The average Bonchev–Trinajstić information content (AvgIpc) is 2.56. The molecule has 0 N–H and O–H groups in total. The van der Waals surface area contributed by atoms with Crippen molar-refractivity contribution in [3.05, 3.63) is 0 Å². The van der Waals surface area contributed by atoms with Crippen LogP contribution >= 0.6 is 0 Å². The van der Waals surface area contributed by atoms with Gasteiger partial charge >= 0.3 is 0 Å². The molecule has 0 bridgehead atoms. The van der Waals surface area contributed by atoms with Crippen molar-refractivity contribution in [2.75, 3.05) is 19.8 Å². The maximum Gasteiger partial charge on any atom is 0.0555 e. The van der Waals surface area contributed by atoms with Gasteiger partial charge in [0.1, 0.15) is 0 Å². The fraction of sp³-hybridized carbons (Fsp3) is 1.00. The molecule has 0 saturated carbocycles. The molecule has 0 aromatic heterocycles. The first kappa shape index (κ1) is 18.5. The minimum absolute atomic E-state index is 0.0929. The fourth-order valence-corrected chi connectivity index (χ4v) is 13.2. The van der Waals surface area contributed by atoms with Gasteiger partial charge in [0.2, 0.25) is 0 Å². The molecule has 7 heteroatoms. The summed E-state index contributed by atoms with van der Waals surface area (Å²) < 4.78 is 19.9. The molecule has 3 atom stereocenters. The summed E-state index contributed by atoms with van der Waals surface area (Å²) in [4.78, 5) is 0. The van der Waals surface area contributed by atoms with Crippen molar-refractivity contribution in [2.24, 2.45) is 0 Å². The van der Waals surface area contributed by atoms with Crippen LogP contribution in [0.5, 0.6) is 0 Å². The van der Waals surface area contributed by atoms with Gasteiger partial charge in [-0.05, 0) is 57.8 Å². The second kappa shape index (κ2) is 6.81. The van der Waals surface area contributed by atoms with Gasteiger partial charge in [0, 0.05) is 65.8 Å². The van der Waals surface area contributed by atoms with Gasteiger partial charge in [-0.25, -0.2) is 0 Å². The van der Waals surface area contributed by atoms with Crippen LogP contribution in [0.1, 0.15) is 57.8 Å². The highest BCUT2D eigenvalue weighted by atomic mass is 28.2. The lowest BCUT2D eigenvalue weighted by molar-refractivity contribution is -0.190. The molecule has 0 aliphatic carbocycles. The first-order valence-corrected chi connectivity index (χ1v) is 13.8. The highest BCUT2D eigenvalue weighted by molar-refractivity contribution is 6.37. The summed E-state index contributed by atoms with van der Waals surface area (Å²) in [5.41, 5.74) is 0. The van der Waals surface area contributed by atoms with Gasteiger partial charge in [0.05, 0.1) is 15.7 Å². The predicted molar refractivity (Wildman–Crippen MR) is 110 cm³/mol. The third-order valence-electron chi connectivity index (χ3n) is 7.58. The van der Waals surface area contributed by atoms with E-state index in [2.05, 4.69) is 0 Å². The van der Waals surface area contributed by atoms with Gasteiger partial charge in [-0.3, -0.25) is 0 Å². The van der Waals surface area contributed by atoms with Crippen LogP contribution in [0.15, 0.2) is 0 Å². The molecule has 3 aliphatic heterocycles. The molecule has 0 amide bonds. The van der Waals surface area contributed by atoms with Crippen molar-refractivity contribution in [2.45, 2.75) is 78.5 Å². The van der Waals surface area contributed by atoms with Gasteiger partial charge < -0.3 is 14.2 Å². The summed E-state index contributed by atoms with van der Waals surface area (Å²) in [7, 11) is 4.50. The van der Waals surface area contributed by atoms with Crippen LogP contribution in [-0.2, 0) is 14.2 Å². The Morgan fingerprint density at radius 3 is 1.09 bits per heavy atom. The Morgan fingerprint density at radius 1 is 0.565 bits per heavy atom. The van der Waals surface area contributed by atoms with E-state index >= 15 is 0 Å². The lowest BCUT2D eigenvalue weighted by Gasteiger charge is -2.66. The van der Waals surface area contributed by atoms with Gasteiger partial charge in [0.25, 0.3) is 0 Å². The van der Waals surface area contributed by atoms with E-state index in [1.807, 2.05) is 0 Å². The summed E-state index contributed by atoms with van der Waals surface area (Å²) in [6, 6.07) is 0.